The number of carbonyl (C=O) groups is 1. The van der Waals surface area contributed by atoms with Crippen molar-refractivity contribution in [1.29, 1.82) is 5.26 Å². The maximum absolute atomic E-state index is 13.5. The number of nitrogens with two attached hydrogens (primary N) is 1. The second-order valence-corrected chi connectivity index (χ2v) is 9.81. The van der Waals surface area contributed by atoms with Crippen molar-refractivity contribution in [1.82, 2.24) is 0 Å². The van der Waals surface area contributed by atoms with Gasteiger partial charge in [-0.1, -0.05) is 41.9 Å². The van der Waals surface area contributed by atoms with Crippen molar-refractivity contribution in [2.24, 2.45) is 11.1 Å². The van der Waals surface area contributed by atoms with Crippen LogP contribution in [0, 0.1) is 16.7 Å². The van der Waals surface area contributed by atoms with Gasteiger partial charge in [0.1, 0.15) is 5.82 Å². The third kappa shape index (κ3) is 3.65. The van der Waals surface area contributed by atoms with Crippen LogP contribution in [0.1, 0.15) is 38.2 Å². The monoisotopic (exact) mass is 493 g/mol. The van der Waals surface area contributed by atoms with Crippen LogP contribution in [0.5, 0.6) is 11.5 Å². The number of carbonyl (C=O) groups excluding carboxylic acids is 1. The molecule has 0 spiro atoms. The minimum Gasteiger partial charge on any atom is -0.504 e. The van der Waals surface area contributed by atoms with Gasteiger partial charge in [0, 0.05) is 27.9 Å². The van der Waals surface area contributed by atoms with Gasteiger partial charge in [-0.25, -0.2) is 0 Å². The van der Waals surface area contributed by atoms with E-state index in [4.69, 9.17) is 10.5 Å². The third-order valence-corrected chi connectivity index (χ3v) is 6.48. The number of ketones is 1. The lowest BCUT2D eigenvalue weighted by Gasteiger charge is -2.43. The Hall–Kier alpha value is -3.24. The van der Waals surface area contributed by atoms with E-state index < -0.39 is 5.92 Å². The molecule has 164 valence electrons. The van der Waals surface area contributed by atoms with Crippen LogP contribution in [0.4, 0.5) is 5.69 Å². The Morgan fingerprint density at radius 3 is 2.66 bits per heavy atom. The van der Waals surface area contributed by atoms with Gasteiger partial charge in [-0.15, -0.1) is 0 Å². The number of benzene rings is 2. The average molecular weight is 494 g/mol. The summed E-state index contributed by atoms with van der Waals surface area (Å²) in [6, 6.07) is 14.8. The number of ether oxygens (including phenoxy) is 1. The summed E-state index contributed by atoms with van der Waals surface area (Å²) in [7, 11) is 1.46. The number of allylic oxidation sites excluding steroid dienone is 3. The summed E-state index contributed by atoms with van der Waals surface area (Å²) in [5.41, 5.74) is 9.51. The number of Topliss-reactive ketones (excluding diaryl/α,β-unsaturated/α-hetero) is 1. The van der Waals surface area contributed by atoms with Crippen LogP contribution in [0.3, 0.4) is 0 Å². The van der Waals surface area contributed by atoms with Crippen LogP contribution in [0.2, 0.25) is 0 Å². The van der Waals surface area contributed by atoms with E-state index in [-0.39, 0.29) is 22.7 Å². The maximum atomic E-state index is 13.5. The number of halogens is 1. The number of methoxy groups -OCH3 is 1. The van der Waals surface area contributed by atoms with Crippen LogP contribution < -0.4 is 15.4 Å². The first kappa shape index (κ1) is 22.0. The normalized spacial score (nSPS) is 20.2. The van der Waals surface area contributed by atoms with E-state index >= 15 is 0 Å². The van der Waals surface area contributed by atoms with Gasteiger partial charge in [0.25, 0.3) is 0 Å². The highest BCUT2D eigenvalue weighted by Gasteiger charge is 2.44. The lowest BCUT2D eigenvalue weighted by molar-refractivity contribution is -0.118. The van der Waals surface area contributed by atoms with Gasteiger partial charge in [0.2, 0.25) is 0 Å². The number of nitrogens with zero attached hydrogens (tertiary/aromatic N) is 2. The van der Waals surface area contributed by atoms with Crippen LogP contribution in [-0.4, -0.2) is 18.0 Å². The fraction of sp³-hybridized carbons (Fsp3) is 0.280. The lowest BCUT2D eigenvalue weighted by Crippen LogP contribution is -2.42. The van der Waals surface area contributed by atoms with E-state index in [9.17, 15) is 15.2 Å². The summed E-state index contributed by atoms with van der Waals surface area (Å²) in [5, 5.41) is 20.2. The first-order valence-corrected chi connectivity index (χ1v) is 11.0. The standard InChI is InChI=1S/C25H24BrN3O3/c1-25(2)11-18-23(20(31)12-25)22(14-7-8-19(30)21(9-14)32-3)17(13-27)24(28)29(18)16-6-4-5-15(26)10-16/h4-10,22,30H,11-12,28H2,1-3H3. The zero-order valence-corrected chi connectivity index (χ0v) is 19.7. The molecule has 1 atom stereocenters. The fourth-order valence-electron chi connectivity index (χ4n) is 4.63. The number of rotatable bonds is 3. The molecule has 0 amide bonds. The van der Waals surface area contributed by atoms with Crippen molar-refractivity contribution < 1.29 is 14.6 Å². The molecule has 0 aromatic heterocycles. The topological polar surface area (TPSA) is 99.6 Å². The first-order chi connectivity index (χ1) is 15.2. The van der Waals surface area contributed by atoms with Gasteiger partial charge in [0.15, 0.2) is 17.3 Å². The molecule has 32 heavy (non-hydrogen) atoms. The summed E-state index contributed by atoms with van der Waals surface area (Å²) >= 11 is 3.51. The predicted molar refractivity (Wildman–Crippen MR) is 126 cm³/mol. The van der Waals surface area contributed by atoms with Crippen molar-refractivity contribution >= 4 is 27.4 Å². The number of phenols is 1. The number of aromatic hydroxyl groups is 1. The Morgan fingerprint density at radius 1 is 1.25 bits per heavy atom. The molecule has 1 aliphatic heterocycles. The molecule has 6 nitrogen and oxygen atoms in total. The minimum absolute atomic E-state index is 0.00598. The van der Waals surface area contributed by atoms with Gasteiger partial charge < -0.3 is 15.6 Å². The van der Waals surface area contributed by atoms with Crippen molar-refractivity contribution in [3.63, 3.8) is 0 Å². The Balaban J connectivity index is 2.01. The number of nitriles is 1. The Kier molecular flexibility index (Phi) is 5.51. The van der Waals surface area contributed by atoms with Crippen molar-refractivity contribution in [3.8, 4) is 17.6 Å². The second-order valence-electron chi connectivity index (χ2n) is 8.89. The van der Waals surface area contributed by atoms with E-state index in [1.165, 1.54) is 13.2 Å². The SMILES string of the molecule is COc1cc(C2C(C#N)=C(N)N(c3cccc(Br)c3)C3=C2C(=O)CC(C)(C)C3)ccc1O. The molecule has 0 bridgehead atoms. The average Bonchev–Trinajstić information content (AvgIpc) is 2.72. The number of phenolic OH excluding ortho intramolecular Hbond substituents is 1. The smallest absolute Gasteiger partial charge is 0.162 e. The predicted octanol–water partition coefficient (Wildman–Crippen LogP) is 5.10. The van der Waals surface area contributed by atoms with Crippen molar-refractivity contribution in [3.05, 3.63) is 75.2 Å². The molecule has 0 fully saturated rings. The fourth-order valence-corrected chi connectivity index (χ4v) is 5.01. The molecule has 3 N–H and O–H groups in total. The summed E-state index contributed by atoms with van der Waals surface area (Å²) < 4.78 is 6.15. The molecule has 1 heterocycles. The molecule has 0 radical (unpaired) electrons. The highest BCUT2D eigenvalue weighted by Crippen LogP contribution is 2.50. The summed E-state index contributed by atoms with van der Waals surface area (Å²) in [5.74, 6) is -0.0703. The van der Waals surface area contributed by atoms with E-state index in [1.807, 2.05) is 29.2 Å². The largest absolute Gasteiger partial charge is 0.504 e. The Morgan fingerprint density at radius 2 is 2.00 bits per heavy atom. The lowest BCUT2D eigenvalue weighted by atomic mass is 9.68. The maximum Gasteiger partial charge on any atom is 0.162 e. The molecular weight excluding hydrogens is 470 g/mol. The molecule has 2 aromatic rings. The van der Waals surface area contributed by atoms with Crippen LogP contribution >= 0.6 is 15.9 Å². The molecule has 1 unspecified atom stereocenters. The van der Waals surface area contributed by atoms with Gasteiger partial charge in [0.05, 0.1) is 24.7 Å². The molecule has 4 rings (SSSR count). The van der Waals surface area contributed by atoms with Crippen molar-refractivity contribution in [2.75, 3.05) is 12.0 Å². The van der Waals surface area contributed by atoms with Gasteiger partial charge in [-0.3, -0.25) is 9.69 Å². The molecule has 2 aromatic carbocycles. The van der Waals surface area contributed by atoms with E-state index in [0.29, 0.717) is 35.4 Å². The van der Waals surface area contributed by atoms with Gasteiger partial charge in [-0.2, -0.15) is 5.26 Å². The van der Waals surface area contributed by atoms with Crippen LogP contribution in [-0.2, 0) is 4.79 Å². The third-order valence-electron chi connectivity index (χ3n) is 5.98. The van der Waals surface area contributed by atoms with E-state index in [2.05, 4.69) is 35.8 Å². The van der Waals surface area contributed by atoms with Crippen molar-refractivity contribution in [2.45, 2.75) is 32.6 Å². The number of hydrogen-bond acceptors (Lipinski definition) is 6. The molecular formula is C25H24BrN3O3. The molecule has 7 heteroatoms. The Labute approximate surface area is 195 Å². The van der Waals surface area contributed by atoms with Crippen LogP contribution in [0.25, 0.3) is 0 Å². The number of hydrogen-bond donors (Lipinski definition) is 2. The highest BCUT2D eigenvalue weighted by molar-refractivity contribution is 9.10. The van der Waals surface area contributed by atoms with Gasteiger partial charge >= 0.3 is 0 Å². The molecule has 2 aliphatic rings. The minimum atomic E-state index is -0.628. The molecule has 0 saturated heterocycles. The van der Waals surface area contributed by atoms with Gasteiger partial charge in [-0.05, 0) is 47.7 Å². The highest BCUT2D eigenvalue weighted by atomic mass is 79.9. The Bertz CT molecular complexity index is 1220. The molecule has 1 aliphatic carbocycles. The first-order valence-electron chi connectivity index (χ1n) is 10.3. The zero-order valence-electron chi connectivity index (χ0n) is 18.1. The second kappa shape index (κ2) is 8.03. The summed E-state index contributed by atoms with van der Waals surface area (Å²) in [6.07, 6.45) is 1.01. The quantitative estimate of drug-likeness (QED) is 0.616. The molecule has 0 saturated carbocycles. The summed E-state index contributed by atoms with van der Waals surface area (Å²) in [6.45, 7) is 4.12. The number of anilines is 1. The van der Waals surface area contributed by atoms with E-state index in [0.717, 1.165) is 15.9 Å². The van der Waals surface area contributed by atoms with Crippen LogP contribution in [0.15, 0.2) is 69.6 Å². The summed E-state index contributed by atoms with van der Waals surface area (Å²) in [4.78, 5) is 15.4. The van der Waals surface area contributed by atoms with E-state index in [1.54, 1.807) is 12.1 Å². The zero-order chi connectivity index (χ0) is 23.2.